The van der Waals surface area contributed by atoms with Gasteiger partial charge in [-0.1, -0.05) is 19.8 Å². The van der Waals surface area contributed by atoms with Gasteiger partial charge in [0.05, 0.1) is 7.11 Å². The van der Waals surface area contributed by atoms with Gasteiger partial charge in [-0.3, -0.25) is 10.1 Å². The molecule has 0 bridgehead atoms. The topological polar surface area (TPSA) is 38.3 Å². The lowest BCUT2D eigenvalue weighted by molar-refractivity contribution is -0.148. The Balaban J connectivity index is 3.97. The zero-order chi connectivity index (χ0) is 14.7. The predicted molar refractivity (Wildman–Crippen MR) is 84.8 cm³/mol. The summed E-state index contributed by atoms with van der Waals surface area (Å²) in [6.45, 7) is 8.28. The van der Waals surface area contributed by atoms with Crippen molar-refractivity contribution in [3.05, 3.63) is 0 Å². The van der Waals surface area contributed by atoms with Gasteiger partial charge >= 0.3 is 5.97 Å². The van der Waals surface area contributed by atoms with E-state index in [0.29, 0.717) is 0 Å². The molecule has 0 aliphatic heterocycles. The van der Waals surface area contributed by atoms with Crippen LogP contribution in [0.2, 0.25) is 0 Å². The van der Waals surface area contributed by atoms with E-state index in [9.17, 15) is 4.79 Å². The van der Waals surface area contributed by atoms with Crippen LogP contribution in [0.1, 0.15) is 59.8 Å². The van der Waals surface area contributed by atoms with Gasteiger partial charge in [-0.05, 0) is 51.5 Å². The number of carbonyl (C=O) groups is 1. The van der Waals surface area contributed by atoms with Gasteiger partial charge < -0.3 is 4.74 Å². The first-order chi connectivity index (χ1) is 8.96. The second kappa shape index (κ2) is 10.6. The fourth-order valence-corrected chi connectivity index (χ4v) is 3.14. The van der Waals surface area contributed by atoms with E-state index in [1.165, 1.54) is 32.1 Å². The molecule has 0 fully saturated rings. The molecular weight excluding hydrogens is 258 g/mol. The van der Waals surface area contributed by atoms with Crippen LogP contribution in [0.25, 0.3) is 0 Å². The van der Waals surface area contributed by atoms with Crippen LogP contribution in [-0.4, -0.2) is 36.2 Å². The van der Waals surface area contributed by atoms with Gasteiger partial charge in [0, 0.05) is 6.04 Å². The van der Waals surface area contributed by atoms with E-state index >= 15 is 0 Å². The number of hydrogen-bond donors (Lipinski definition) is 1. The zero-order valence-corrected chi connectivity index (χ0v) is 14.1. The maximum Gasteiger partial charge on any atom is 0.325 e. The summed E-state index contributed by atoms with van der Waals surface area (Å²) in [5.41, 5.74) is -0.549. The molecule has 0 aliphatic carbocycles. The lowest BCUT2D eigenvalue weighted by atomic mass is 9.95. The monoisotopic (exact) mass is 289 g/mol. The highest BCUT2D eigenvalue weighted by molar-refractivity contribution is 7.99. The maximum absolute atomic E-state index is 11.9. The van der Waals surface area contributed by atoms with Gasteiger partial charge in [0.25, 0.3) is 0 Å². The quantitative estimate of drug-likeness (QED) is 0.466. The summed E-state index contributed by atoms with van der Waals surface area (Å²) < 4.78 is 4.92. The largest absolute Gasteiger partial charge is 0.468 e. The van der Waals surface area contributed by atoms with Gasteiger partial charge in [0.15, 0.2) is 0 Å². The van der Waals surface area contributed by atoms with Crippen molar-refractivity contribution in [3.63, 3.8) is 0 Å². The van der Waals surface area contributed by atoms with Crippen molar-refractivity contribution in [1.29, 1.82) is 0 Å². The summed E-state index contributed by atoms with van der Waals surface area (Å²) in [5.74, 6) is 2.20. The molecule has 0 spiro atoms. The molecule has 0 aromatic rings. The van der Waals surface area contributed by atoms with Crippen molar-refractivity contribution in [3.8, 4) is 0 Å². The number of ether oxygens (including phenoxy) is 1. The Kier molecular flexibility index (Phi) is 10.4. The highest BCUT2D eigenvalue weighted by Gasteiger charge is 2.33. The Bertz CT molecular complexity index is 246. The van der Waals surface area contributed by atoms with Crippen LogP contribution in [-0.2, 0) is 9.53 Å². The smallest absolute Gasteiger partial charge is 0.325 e. The van der Waals surface area contributed by atoms with Gasteiger partial charge in [0.1, 0.15) is 5.54 Å². The van der Waals surface area contributed by atoms with E-state index < -0.39 is 5.54 Å². The molecule has 0 amide bonds. The third-order valence-electron chi connectivity index (χ3n) is 3.10. The molecule has 0 heterocycles. The van der Waals surface area contributed by atoms with E-state index in [0.717, 1.165) is 18.6 Å². The summed E-state index contributed by atoms with van der Waals surface area (Å²) in [6.07, 6.45) is 5.78. The molecule has 4 heteroatoms. The molecule has 0 radical (unpaired) electrons. The second-order valence-corrected chi connectivity index (χ2v) is 6.77. The van der Waals surface area contributed by atoms with Crippen molar-refractivity contribution in [2.24, 2.45) is 0 Å². The molecule has 0 aliphatic rings. The van der Waals surface area contributed by atoms with Crippen LogP contribution in [0.4, 0.5) is 0 Å². The average molecular weight is 289 g/mol. The number of thioether (sulfide) groups is 1. The Morgan fingerprint density at radius 3 is 2.42 bits per heavy atom. The Labute approximate surface area is 123 Å². The minimum Gasteiger partial charge on any atom is -0.468 e. The second-order valence-electron chi connectivity index (χ2n) is 5.55. The number of methoxy groups -OCH3 is 1. The third-order valence-corrected chi connectivity index (χ3v) is 4.26. The van der Waals surface area contributed by atoms with E-state index in [1.807, 2.05) is 18.7 Å². The molecule has 1 N–H and O–H groups in total. The first kappa shape index (κ1) is 18.8. The van der Waals surface area contributed by atoms with Crippen LogP contribution in [0.5, 0.6) is 0 Å². The number of hydrogen-bond acceptors (Lipinski definition) is 4. The molecule has 1 unspecified atom stereocenters. The molecule has 0 saturated carbocycles. The molecule has 3 nitrogen and oxygen atoms in total. The fraction of sp³-hybridized carbons (Fsp3) is 0.933. The van der Waals surface area contributed by atoms with Crippen molar-refractivity contribution < 1.29 is 9.53 Å². The van der Waals surface area contributed by atoms with Crippen LogP contribution in [0, 0.1) is 0 Å². The Morgan fingerprint density at radius 2 is 1.89 bits per heavy atom. The van der Waals surface area contributed by atoms with E-state index in [1.54, 1.807) is 0 Å². The molecule has 1 atom stereocenters. The van der Waals surface area contributed by atoms with Crippen LogP contribution in [0.15, 0.2) is 0 Å². The molecule has 0 rings (SSSR count). The van der Waals surface area contributed by atoms with Crippen LogP contribution < -0.4 is 5.32 Å². The summed E-state index contributed by atoms with van der Waals surface area (Å²) in [4.78, 5) is 11.9. The van der Waals surface area contributed by atoms with Crippen LogP contribution >= 0.6 is 11.8 Å². The van der Waals surface area contributed by atoms with E-state index in [-0.39, 0.29) is 12.0 Å². The SMILES string of the molecule is CCCCCSCCCC(C)(NC(C)C)C(=O)OC. The highest BCUT2D eigenvalue weighted by atomic mass is 32.2. The lowest BCUT2D eigenvalue weighted by Crippen LogP contribution is -2.53. The molecular formula is C15H31NO2S. The van der Waals surface area contributed by atoms with Gasteiger partial charge in [-0.15, -0.1) is 0 Å². The highest BCUT2D eigenvalue weighted by Crippen LogP contribution is 2.18. The van der Waals surface area contributed by atoms with E-state index in [4.69, 9.17) is 4.74 Å². The summed E-state index contributed by atoms with van der Waals surface area (Å²) in [7, 11) is 1.46. The number of esters is 1. The predicted octanol–water partition coefficient (Wildman–Crippen LogP) is 3.62. The first-order valence-electron chi connectivity index (χ1n) is 7.40. The van der Waals surface area contributed by atoms with Crippen molar-refractivity contribution >= 4 is 17.7 Å². The normalized spacial score (nSPS) is 14.4. The summed E-state index contributed by atoms with van der Waals surface area (Å²) in [6, 6.07) is 0.279. The minimum atomic E-state index is -0.549. The molecule has 114 valence electrons. The number of carbonyl (C=O) groups excluding carboxylic acids is 1. The van der Waals surface area contributed by atoms with Crippen molar-refractivity contribution in [2.45, 2.75) is 71.4 Å². The maximum atomic E-state index is 11.9. The fourth-order valence-electron chi connectivity index (χ4n) is 2.18. The lowest BCUT2D eigenvalue weighted by Gasteiger charge is -2.30. The van der Waals surface area contributed by atoms with Gasteiger partial charge in [0.2, 0.25) is 0 Å². The van der Waals surface area contributed by atoms with Crippen molar-refractivity contribution in [1.82, 2.24) is 5.32 Å². The molecule has 0 saturated heterocycles. The van der Waals surface area contributed by atoms with E-state index in [2.05, 4.69) is 26.1 Å². The molecule has 0 aromatic carbocycles. The number of rotatable bonds is 11. The average Bonchev–Trinajstić information content (AvgIpc) is 2.35. The Hall–Kier alpha value is -0.220. The van der Waals surface area contributed by atoms with Crippen molar-refractivity contribution in [2.75, 3.05) is 18.6 Å². The first-order valence-corrected chi connectivity index (χ1v) is 8.55. The van der Waals surface area contributed by atoms with Crippen LogP contribution in [0.3, 0.4) is 0 Å². The van der Waals surface area contributed by atoms with Gasteiger partial charge in [-0.25, -0.2) is 0 Å². The van der Waals surface area contributed by atoms with Gasteiger partial charge in [-0.2, -0.15) is 11.8 Å². The molecule has 19 heavy (non-hydrogen) atoms. The zero-order valence-electron chi connectivity index (χ0n) is 13.3. The minimum absolute atomic E-state index is 0.155. The summed E-state index contributed by atoms with van der Waals surface area (Å²) >= 11 is 1.99. The Morgan fingerprint density at radius 1 is 1.26 bits per heavy atom. The summed E-state index contributed by atoms with van der Waals surface area (Å²) in [5, 5.41) is 3.33. The number of nitrogens with one attached hydrogen (secondary N) is 1. The third kappa shape index (κ3) is 8.53. The molecule has 0 aromatic heterocycles. The standard InChI is InChI=1S/C15H31NO2S/c1-6-7-8-11-19-12-9-10-15(4,14(17)18-5)16-13(2)3/h13,16H,6-12H2,1-5H3. The number of unbranched alkanes of at least 4 members (excludes halogenated alkanes) is 2.